The third-order valence-electron chi connectivity index (χ3n) is 3.45. The van der Waals surface area contributed by atoms with Gasteiger partial charge in [0.25, 0.3) is 5.91 Å². The van der Waals surface area contributed by atoms with Crippen LogP contribution in [0.5, 0.6) is 5.75 Å². The van der Waals surface area contributed by atoms with E-state index in [0.29, 0.717) is 17.7 Å². The maximum atomic E-state index is 13.8. The fourth-order valence-corrected chi connectivity index (χ4v) is 2.36. The number of carbonyl (C=O) groups is 1. The second kappa shape index (κ2) is 5.55. The van der Waals surface area contributed by atoms with E-state index in [1.54, 1.807) is 13.1 Å². The molecule has 0 spiro atoms. The van der Waals surface area contributed by atoms with Crippen molar-refractivity contribution >= 4 is 11.6 Å². The Morgan fingerprint density at radius 2 is 2.27 bits per heavy atom. The molecular weight excluding hydrogens is 289 g/mol. The standard InChI is InChI=1S/C14H14FN5O2/c1-20-7-12(17-19-20)14(21)18-16-11-4-3-8-5-13(22-2)10(15)6-9(8)11/h5-7H,3-4H2,1-2H3,(H,18,21)/b16-11+. The van der Waals surface area contributed by atoms with Crippen LogP contribution in [0.25, 0.3) is 0 Å². The van der Waals surface area contributed by atoms with Crippen LogP contribution in [0.3, 0.4) is 0 Å². The van der Waals surface area contributed by atoms with Gasteiger partial charge in [0, 0.05) is 12.6 Å². The van der Waals surface area contributed by atoms with Crippen LogP contribution in [0.1, 0.15) is 28.0 Å². The molecule has 1 amide bonds. The monoisotopic (exact) mass is 303 g/mol. The summed E-state index contributed by atoms with van der Waals surface area (Å²) in [4.78, 5) is 11.9. The number of ether oxygens (including phenoxy) is 1. The molecule has 2 aromatic rings. The number of nitrogens with zero attached hydrogens (tertiary/aromatic N) is 4. The smallest absolute Gasteiger partial charge is 0.293 e. The SMILES string of the molecule is COc1cc2c(cc1F)/C(=N/NC(=O)c1cn(C)nn1)CC2. The molecule has 1 aliphatic carbocycles. The van der Waals surface area contributed by atoms with Crippen molar-refractivity contribution in [3.63, 3.8) is 0 Å². The van der Waals surface area contributed by atoms with Gasteiger partial charge >= 0.3 is 0 Å². The van der Waals surface area contributed by atoms with Gasteiger partial charge in [-0.3, -0.25) is 9.48 Å². The molecule has 22 heavy (non-hydrogen) atoms. The average Bonchev–Trinajstić information content (AvgIpc) is 3.10. The van der Waals surface area contributed by atoms with Gasteiger partial charge in [-0.1, -0.05) is 5.21 Å². The normalized spacial score (nSPS) is 15.0. The molecule has 0 radical (unpaired) electrons. The highest BCUT2D eigenvalue weighted by Gasteiger charge is 2.21. The number of nitrogens with one attached hydrogen (secondary N) is 1. The van der Waals surface area contributed by atoms with Crippen molar-refractivity contribution in [3.8, 4) is 5.75 Å². The number of carbonyl (C=O) groups excluding carboxylic acids is 1. The predicted molar refractivity (Wildman–Crippen MR) is 76.3 cm³/mol. The van der Waals surface area contributed by atoms with Crippen molar-refractivity contribution in [2.45, 2.75) is 12.8 Å². The summed E-state index contributed by atoms with van der Waals surface area (Å²) in [5.74, 6) is -0.692. The van der Waals surface area contributed by atoms with Gasteiger partial charge in [-0.25, -0.2) is 9.82 Å². The van der Waals surface area contributed by atoms with Crippen molar-refractivity contribution in [2.75, 3.05) is 7.11 Å². The molecule has 1 aromatic heterocycles. The lowest BCUT2D eigenvalue weighted by molar-refractivity contribution is 0.0949. The first-order valence-electron chi connectivity index (χ1n) is 6.68. The Morgan fingerprint density at radius 1 is 1.45 bits per heavy atom. The first kappa shape index (κ1) is 14.2. The highest BCUT2D eigenvalue weighted by molar-refractivity contribution is 6.05. The lowest BCUT2D eigenvalue weighted by Gasteiger charge is -2.05. The lowest BCUT2D eigenvalue weighted by Crippen LogP contribution is -2.20. The summed E-state index contributed by atoms with van der Waals surface area (Å²) in [5, 5.41) is 11.5. The van der Waals surface area contributed by atoms with Gasteiger partial charge in [-0.15, -0.1) is 5.10 Å². The molecule has 8 heteroatoms. The van der Waals surface area contributed by atoms with E-state index in [4.69, 9.17) is 4.74 Å². The largest absolute Gasteiger partial charge is 0.494 e. The summed E-state index contributed by atoms with van der Waals surface area (Å²) in [6.45, 7) is 0. The van der Waals surface area contributed by atoms with Gasteiger partial charge in [0.05, 0.1) is 19.0 Å². The molecule has 0 bridgehead atoms. The second-order valence-corrected chi connectivity index (χ2v) is 4.92. The molecule has 0 saturated carbocycles. The first-order valence-corrected chi connectivity index (χ1v) is 6.68. The van der Waals surface area contributed by atoms with Crippen molar-refractivity contribution in [1.82, 2.24) is 20.4 Å². The quantitative estimate of drug-likeness (QED) is 0.859. The van der Waals surface area contributed by atoms with Gasteiger partial charge in [0.2, 0.25) is 0 Å². The van der Waals surface area contributed by atoms with Crippen molar-refractivity contribution in [1.29, 1.82) is 0 Å². The van der Waals surface area contributed by atoms with E-state index in [0.717, 1.165) is 12.0 Å². The number of hydrazone groups is 1. The summed E-state index contributed by atoms with van der Waals surface area (Å²) in [7, 11) is 3.09. The minimum Gasteiger partial charge on any atom is -0.494 e. The summed E-state index contributed by atoms with van der Waals surface area (Å²) < 4.78 is 20.2. The number of methoxy groups -OCH3 is 1. The van der Waals surface area contributed by atoms with E-state index in [2.05, 4.69) is 20.8 Å². The zero-order valence-electron chi connectivity index (χ0n) is 12.1. The van der Waals surface area contributed by atoms with Gasteiger partial charge in [-0.2, -0.15) is 5.10 Å². The van der Waals surface area contributed by atoms with Crippen LogP contribution >= 0.6 is 0 Å². The van der Waals surface area contributed by atoms with Crippen molar-refractivity contribution < 1.29 is 13.9 Å². The molecule has 1 aliphatic rings. The number of amides is 1. The van der Waals surface area contributed by atoms with E-state index in [1.165, 1.54) is 24.1 Å². The average molecular weight is 303 g/mol. The second-order valence-electron chi connectivity index (χ2n) is 4.92. The Balaban J connectivity index is 1.81. The van der Waals surface area contributed by atoms with Crippen LogP contribution in [0.2, 0.25) is 0 Å². The van der Waals surface area contributed by atoms with Crippen LogP contribution in [-0.2, 0) is 13.5 Å². The summed E-state index contributed by atoms with van der Waals surface area (Å²) in [6.07, 6.45) is 2.84. The number of rotatable bonds is 3. The summed E-state index contributed by atoms with van der Waals surface area (Å²) in [5.41, 5.74) is 4.87. The Bertz CT molecular complexity index is 769. The van der Waals surface area contributed by atoms with Gasteiger partial charge in [0.15, 0.2) is 17.3 Å². The van der Waals surface area contributed by atoms with Crippen molar-refractivity contribution in [3.05, 3.63) is 41.0 Å². The number of aryl methyl sites for hydroxylation is 2. The molecule has 0 atom stereocenters. The number of hydrogen-bond donors (Lipinski definition) is 1. The Hall–Kier alpha value is -2.77. The van der Waals surface area contributed by atoms with E-state index >= 15 is 0 Å². The molecule has 0 saturated heterocycles. The molecule has 1 N–H and O–H groups in total. The number of hydrogen-bond acceptors (Lipinski definition) is 5. The highest BCUT2D eigenvalue weighted by atomic mass is 19.1. The van der Waals surface area contributed by atoms with Crippen LogP contribution < -0.4 is 10.2 Å². The number of benzene rings is 1. The third kappa shape index (κ3) is 2.54. The molecule has 0 fully saturated rings. The maximum Gasteiger partial charge on any atom is 0.293 e. The first-order chi connectivity index (χ1) is 10.6. The lowest BCUT2D eigenvalue weighted by atomic mass is 10.1. The van der Waals surface area contributed by atoms with E-state index in [1.807, 2.05) is 0 Å². The molecule has 0 aliphatic heterocycles. The molecular formula is C14H14FN5O2. The van der Waals surface area contributed by atoms with Crippen LogP contribution in [-0.4, -0.2) is 33.7 Å². The minimum atomic E-state index is -0.456. The zero-order valence-corrected chi connectivity index (χ0v) is 12.1. The molecule has 1 heterocycles. The van der Waals surface area contributed by atoms with Gasteiger partial charge < -0.3 is 4.74 Å². The van der Waals surface area contributed by atoms with Crippen molar-refractivity contribution in [2.24, 2.45) is 12.1 Å². The Morgan fingerprint density at radius 3 is 2.95 bits per heavy atom. The molecule has 7 nitrogen and oxygen atoms in total. The Labute approximate surface area is 125 Å². The van der Waals surface area contributed by atoms with E-state index in [9.17, 15) is 9.18 Å². The number of aromatic nitrogens is 3. The van der Waals surface area contributed by atoms with Crippen LogP contribution in [0.15, 0.2) is 23.4 Å². The topological polar surface area (TPSA) is 81.4 Å². The number of halogens is 1. The maximum absolute atomic E-state index is 13.8. The fourth-order valence-electron chi connectivity index (χ4n) is 2.36. The van der Waals surface area contributed by atoms with E-state index in [-0.39, 0.29) is 11.4 Å². The van der Waals surface area contributed by atoms with Gasteiger partial charge in [0.1, 0.15) is 0 Å². The number of fused-ring (bicyclic) bond motifs is 1. The molecule has 3 rings (SSSR count). The Kier molecular flexibility index (Phi) is 3.58. The fraction of sp³-hybridized carbons (Fsp3) is 0.286. The van der Waals surface area contributed by atoms with Crippen LogP contribution in [0.4, 0.5) is 4.39 Å². The summed E-state index contributed by atoms with van der Waals surface area (Å²) in [6, 6.07) is 3.05. The highest BCUT2D eigenvalue weighted by Crippen LogP contribution is 2.29. The van der Waals surface area contributed by atoms with Gasteiger partial charge in [-0.05, 0) is 30.5 Å². The third-order valence-corrected chi connectivity index (χ3v) is 3.45. The zero-order chi connectivity index (χ0) is 15.7. The molecule has 0 unspecified atom stereocenters. The molecule has 1 aromatic carbocycles. The predicted octanol–water partition coefficient (Wildman–Crippen LogP) is 1.04. The molecule has 114 valence electrons. The van der Waals surface area contributed by atoms with E-state index < -0.39 is 11.7 Å². The van der Waals surface area contributed by atoms with Crippen LogP contribution in [0, 0.1) is 5.82 Å². The summed E-state index contributed by atoms with van der Waals surface area (Å²) >= 11 is 0. The minimum absolute atomic E-state index is 0.172.